The first kappa shape index (κ1) is 20.7. The minimum absolute atomic E-state index is 0.0443. The van der Waals surface area contributed by atoms with Crippen molar-refractivity contribution in [3.63, 3.8) is 0 Å². The Hall–Kier alpha value is -2.53. The monoisotopic (exact) mass is 465 g/mol. The predicted molar refractivity (Wildman–Crippen MR) is 115 cm³/mol. The normalized spacial score (nSPS) is 15.4. The molecule has 30 heavy (non-hydrogen) atoms. The zero-order valence-corrected chi connectivity index (χ0v) is 17.9. The Kier molecular flexibility index (Phi) is 5.49. The summed E-state index contributed by atoms with van der Waals surface area (Å²) in [5.74, 6) is -0.246. The number of rotatable bonds is 4. The number of carbonyl (C=O) groups is 1. The summed E-state index contributed by atoms with van der Waals surface area (Å²) < 4.78 is 27.9. The molecule has 1 aromatic heterocycles. The Balaban J connectivity index is 1.53. The van der Waals surface area contributed by atoms with Crippen molar-refractivity contribution >= 4 is 54.6 Å². The van der Waals surface area contributed by atoms with Crippen molar-refractivity contribution in [1.82, 2.24) is 9.21 Å². The molecule has 0 atom stereocenters. The van der Waals surface area contributed by atoms with E-state index in [4.69, 9.17) is 11.6 Å². The second-order valence-electron chi connectivity index (χ2n) is 6.66. The quantitative estimate of drug-likeness (QED) is 0.432. The lowest BCUT2D eigenvalue weighted by atomic mass is 10.2. The number of benzene rings is 2. The third-order valence-electron chi connectivity index (χ3n) is 4.93. The van der Waals surface area contributed by atoms with Crippen LogP contribution in [-0.4, -0.2) is 54.6 Å². The molecule has 1 amide bonds. The van der Waals surface area contributed by atoms with Crippen LogP contribution < -0.4 is 0 Å². The summed E-state index contributed by atoms with van der Waals surface area (Å²) in [6.07, 6.45) is 0. The molecule has 2 heterocycles. The second-order valence-corrected chi connectivity index (χ2v) is 10.00. The molecule has 0 N–H and O–H groups in total. The summed E-state index contributed by atoms with van der Waals surface area (Å²) >= 11 is 7.70. The highest BCUT2D eigenvalue weighted by atomic mass is 35.5. The first-order valence-corrected chi connectivity index (χ1v) is 11.6. The van der Waals surface area contributed by atoms with E-state index in [1.165, 1.54) is 33.8 Å². The molecule has 1 aliphatic heterocycles. The van der Waals surface area contributed by atoms with Crippen LogP contribution in [0.4, 0.5) is 5.69 Å². The second kappa shape index (κ2) is 7.95. The largest absolute Gasteiger partial charge is 0.335 e. The van der Waals surface area contributed by atoms with Crippen LogP contribution >= 0.6 is 22.9 Å². The molecule has 8 nitrogen and oxygen atoms in total. The van der Waals surface area contributed by atoms with Crippen LogP contribution in [0.5, 0.6) is 0 Å². The maximum Gasteiger partial charge on any atom is 0.289 e. The van der Waals surface area contributed by atoms with Crippen LogP contribution in [0.2, 0.25) is 5.02 Å². The maximum atomic E-state index is 13.0. The van der Waals surface area contributed by atoms with E-state index in [-0.39, 0.29) is 37.0 Å². The molecule has 1 saturated heterocycles. The van der Waals surface area contributed by atoms with E-state index >= 15 is 0 Å². The molecule has 1 aliphatic rings. The molecule has 0 saturated carbocycles. The highest BCUT2D eigenvalue weighted by Gasteiger charge is 2.35. The van der Waals surface area contributed by atoms with E-state index in [2.05, 4.69) is 0 Å². The topological polar surface area (TPSA) is 101 Å². The summed E-state index contributed by atoms with van der Waals surface area (Å²) in [6.45, 7) is 0.428. The molecule has 0 radical (unpaired) electrons. The predicted octanol–water partition coefficient (Wildman–Crippen LogP) is 3.61. The lowest BCUT2D eigenvalue weighted by molar-refractivity contribution is -0.387. The standard InChI is InChI=1S/C19H16ClN3O5S2/c20-17-13-5-1-3-7-15(13)29-18(17)19(24)21-9-11-22(12-10-21)30(27,28)16-8-4-2-6-14(16)23(25)26/h1-8H,9-12H2. The molecule has 0 spiro atoms. The number of hydrogen-bond acceptors (Lipinski definition) is 6. The number of para-hydroxylation sites is 1. The van der Waals surface area contributed by atoms with Crippen LogP contribution in [0.15, 0.2) is 53.4 Å². The molecule has 156 valence electrons. The number of amides is 1. The van der Waals surface area contributed by atoms with E-state index < -0.39 is 20.6 Å². The van der Waals surface area contributed by atoms with Gasteiger partial charge in [0.2, 0.25) is 10.0 Å². The highest BCUT2D eigenvalue weighted by molar-refractivity contribution is 7.89. The van der Waals surface area contributed by atoms with Crippen LogP contribution in [-0.2, 0) is 10.0 Å². The number of piperazine rings is 1. The molecular formula is C19H16ClN3O5S2. The smallest absolute Gasteiger partial charge is 0.289 e. The summed E-state index contributed by atoms with van der Waals surface area (Å²) in [5.41, 5.74) is -0.465. The van der Waals surface area contributed by atoms with Gasteiger partial charge in [-0.05, 0) is 12.1 Å². The van der Waals surface area contributed by atoms with Crippen molar-refractivity contribution < 1.29 is 18.1 Å². The van der Waals surface area contributed by atoms with Crippen LogP contribution in [0.3, 0.4) is 0 Å². The number of nitro benzene ring substituents is 1. The van der Waals surface area contributed by atoms with Crippen molar-refractivity contribution in [2.75, 3.05) is 26.2 Å². The molecule has 11 heteroatoms. The Morgan fingerprint density at radius 3 is 2.33 bits per heavy atom. The van der Waals surface area contributed by atoms with Gasteiger partial charge in [0.25, 0.3) is 11.6 Å². The van der Waals surface area contributed by atoms with Gasteiger partial charge in [-0.3, -0.25) is 14.9 Å². The average Bonchev–Trinajstić information content (AvgIpc) is 3.10. The molecule has 0 unspecified atom stereocenters. The Morgan fingerprint density at radius 1 is 1.03 bits per heavy atom. The molecule has 0 aliphatic carbocycles. The number of carbonyl (C=O) groups excluding carboxylic acids is 1. The Morgan fingerprint density at radius 2 is 1.67 bits per heavy atom. The molecule has 4 rings (SSSR count). The summed E-state index contributed by atoms with van der Waals surface area (Å²) in [6, 6.07) is 12.7. The van der Waals surface area contributed by atoms with Crippen molar-refractivity contribution in [3.05, 3.63) is 68.5 Å². The van der Waals surface area contributed by atoms with E-state index in [9.17, 15) is 23.3 Å². The van der Waals surface area contributed by atoms with Gasteiger partial charge >= 0.3 is 0 Å². The number of hydrogen-bond donors (Lipinski definition) is 0. The van der Waals surface area contributed by atoms with Crippen LogP contribution in [0.1, 0.15) is 9.67 Å². The van der Waals surface area contributed by atoms with Gasteiger partial charge in [-0.2, -0.15) is 4.31 Å². The fourth-order valence-electron chi connectivity index (χ4n) is 3.39. The SMILES string of the molecule is O=C(c1sc2ccccc2c1Cl)N1CCN(S(=O)(=O)c2ccccc2[N+](=O)[O-])CC1. The van der Waals surface area contributed by atoms with Crippen molar-refractivity contribution in [3.8, 4) is 0 Å². The third kappa shape index (κ3) is 3.56. The van der Waals surface area contributed by atoms with Gasteiger partial charge in [-0.1, -0.05) is 41.9 Å². The number of fused-ring (bicyclic) bond motifs is 1. The minimum atomic E-state index is -4.05. The number of thiophene rings is 1. The van der Waals surface area contributed by atoms with Gasteiger partial charge in [0.05, 0.1) is 9.95 Å². The van der Waals surface area contributed by atoms with E-state index in [0.29, 0.717) is 9.90 Å². The van der Waals surface area contributed by atoms with Gasteiger partial charge in [-0.15, -0.1) is 11.3 Å². The lowest BCUT2D eigenvalue weighted by Gasteiger charge is -2.33. The van der Waals surface area contributed by atoms with Gasteiger partial charge in [0.1, 0.15) is 4.88 Å². The Bertz CT molecular complexity index is 1250. The number of sulfonamides is 1. The average molecular weight is 466 g/mol. The first-order valence-electron chi connectivity index (χ1n) is 9.00. The highest BCUT2D eigenvalue weighted by Crippen LogP contribution is 2.36. The number of halogens is 1. The molecule has 2 aromatic carbocycles. The van der Waals surface area contributed by atoms with Crippen molar-refractivity contribution in [2.45, 2.75) is 4.90 Å². The van der Waals surface area contributed by atoms with Gasteiger partial charge < -0.3 is 4.90 Å². The van der Waals surface area contributed by atoms with E-state index in [0.717, 1.165) is 16.2 Å². The van der Waals surface area contributed by atoms with Crippen LogP contribution in [0, 0.1) is 10.1 Å². The zero-order valence-electron chi connectivity index (χ0n) is 15.5. The molecular weight excluding hydrogens is 450 g/mol. The minimum Gasteiger partial charge on any atom is -0.335 e. The summed E-state index contributed by atoms with van der Waals surface area (Å²) in [5, 5.41) is 12.4. The third-order valence-corrected chi connectivity index (χ3v) is 8.54. The molecule has 1 fully saturated rings. The fraction of sp³-hybridized carbons (Fsp3) is 0.211. The molecule has 0 bridgehead atoms. The summed E-state index contributed by atoms with van der Waals surface area (Å²) in [7, 11) is -4.05. The zero-order chi connectivity index (χ0) is 21.5. The van der Waals surface area contributed by atoms with Gasteiger partial charge in [-0.25, -0.2) is 8.42 Å². The van der Waals surface area contributed by atoms with E-state index in [1.54, 1.807) is 4.90 Å². The van der Waals surface area contributed by atoms with Crippen molar-refractivity contribution in [1.29, 1.82) is 0 Å². The Labute approximate surface area is 181 Å². The van der Waals surface area contributed by atoms with Crippen molar-refractivity contribution in [2.24, 2.45) is 0 Å². The van der Waals surface area contributed by atoms with Gasteiger partial charge in [0.15, 0.2) is 4.90 Å². The lowest BCUT2D eigenvalue weighted by Crippen LogP contribution is -2.50. The van der Waals surface area contributed by atoms with E-state index in [1.807, 2.05) is 24.3 Å². The maximum absolute atomic E-state index is 13.0. The number of nitrogens with zero attached hydrogens (tertiary/aromatic N) is 3. The first-order chi connectivity index (χ1) is 14.3. The van der Waals surface area contributed by atoms with Crippen LogP contribution in [0.25, 0.3) is 10.1 Å². The summed E-state index contributed by atoms with van der Waals surface area (Å²) in [4.78, 5) is 25.1. The fourth-order valence-corrected chi connectivity index (χ4v) is 6.45. The van der Waals surface area contributed by atoms with Gasteiger partial charge in [0, 0.05) is 42.3 Å². The molecule has 3 aromatic rings. The number of nitro groups is 1.